The van der Waals surface area contributed by atoms with Crippen LogP contribution in [-0.2, 0) is 4.79 Å². The number of hydrogen-bond acceptors (Lipinski definition) is 6. The van der Waals surface area contributed by atoms with Gasteiger partial charge in [0, 0.05) is 13.6 Å². The topological polar surface area (TPSA) is 96.3 Å². The molecule has 4 aromatic rings. The van der Waals surface area contributed by atoms with Crippen molar-refractivity contribution >= 4 is 34.3 Å². The van der Waals surface area contributed by atoms with Crippen molar-refractivity contribution in [3.8, 4) is 11.8 Å². The summed E-state index contributed by atoms with van der Waals surface area (Å²) in [5, 5.41) is 18.4. The predicted molar refractivity (Wildman–Crippen MR) is 124 cm³/mol. The first-order valence-electron chi connectivity index (χ1n) is 10.1. The summed E-state index contributed by atoms with van der Waals surface area (Å²) in [6, 6.07) is 15.2. The molecule has 0 spiro atoms. The lowest BCUT2D eigenvalue weighted by Gasteiger charge is -2.15. The number of amides is 1. The van der Waals surface area contributed by atoms with Crippen LogP contribution in [0.2, 0.25) is 0 Å². The van der Waals surface area contributed by atoms with Gasteiger partial charge in [-0.2, -0.15) is 5.26 Å². The van der Waals surface area contributed by atoms with Crippen LogP contribution < -0.4 is 5.56 Å². The number of nitrogens with zero attached hydrogens (tertiary/aromatic N) is 6. The van der Waals surface area contributed by atoms with Gasteiger partial charge in [0.05, 0.1) is 34.8 Å². The monoisotopic (exact) mass is 446 g/mol. The van der Waals surface area contributed by atoms with E-state index in [-0.39, 0.29) is 23.6 Å². The van der Waals surface area contributed by atoms with Crippen molar-refractivity contribution in [1.29, 1.82) is 5.26 Å². The van der Waals surface area contributed by atoms with E-state index >= 15 is 0 Å². The zero-order valence-corrected chi connectivity index (χ0v) is 18.9. The van der Waals surface area contributed by atoms with Crippen LogP contribution >= 0.6 is 11.8 Å². The van der Waals surface area contributed by atoms with E-state index in [9.17, 15) is 9.59 Å². The molecule has 32 heavy (non-hydrogen) atoms. The molecule has 0 fully saturated rings. The van der Waals surface area contributed by atoms with Crippen LogP contribution in [0.4, 0.5) is 0 Å². The lowest BCUT2D eigenvalue weighted by molar-refractivity contribution is -0.127. The maximum Gasteiger partial charge on any atom is 0.267 e. The van der Waals surface area contributed by atoms with E-state index in [1.807, 2.05) is 60.7 Å². The molecule has 4 rings (SSSR count). The van der Waals surface area contributed by atoms with E-state index in [0.29, 0.717) is 28.4 Å². The van der Waals surface area contributed by atoms with Crippen molar-refractivity contribution in [3.63, 3.8) is 0 Å². The lowest BCUT2D eigenvalue weighted by atomic mass is 10.1. The average molecular weight is 447 g/mol. The van der Waals surface area contributed by atoms with Crippen LogP contribution in [0.5, 0.6) is 0 Å². The zero-order valence-electron chi connectivity index (χ0n) is 18.1. The molecule has 0 aliphatic carbocycles. The normalized spacial score (nSPS) is 11.1. The standard InChI is InChI=1S/C23H22N6O2S/c1-15-8-6-11-18(16(15)2)28-21(31)17-9-4-5-10-19(17)29-22(28)25-26-23(29)32-14-20(30)27(3)13-7-12-24/h4-6,8-11H,7,13-14H2,1-3H3. The Morgan fingerprint density at radius 3 is 2.72 bits per heavy atom. The molecule has 0 N–H and O–H groups in total. The zero-order chi connectivity index (χ0) is 22.8. The van der Waals surface area contributed by atoms with Gasteiger partial charge in [0.1, 0.15) is 0 Å². The number of rotatable bonds is 6. The molecule has 0 radical (unpaired) electrons. The van der Waals surface area contributed by atoms with Gasteiger partial charge in [0.25, 0.3) is 5.56 Å². The number of hydrogen-bond donors (Lipinski definition) is 0. The number of benzene rings is 2. The largest absolute Gasteiger partial charge is 0.344 e. The van der Waals surface area contributed by atoms with Crippen LogP contribution in [0.15, 0.2) is 52.4 Å². The van der Waals surface area contributed by atoms with Crippen LogP contribution in [0.1, 0.15) is 17.5 Å². The highest BCUT2D eigenvalue weighted by molar-refractivity contribution is 7.99. The second kappa shape index (κ2) is 8.85. The van der Waals surface area contributed by atoms with Crippen molar-refractivity contribution in [3.05, 3.63) is 63.9 Å². The highest BCUT2D eigenvalue weighted by atomic mass is 32.2. The van der Waals surface area contributed by atoms with Gasteiger partial charge in [-0.25, -0.2) is 4.57 Å². The minimum Gasteiger partial charge on any atom is -0.344 e. The fourth-order valence-corrected chi connectivity index (χ4v) is 4.43. The summed E-state index contributed by atoms with van der Waals surface area (Å²) >= 11 is 1.26. The average Bonchev–Trinajstić information content (AvgIpc) is 3.22. The Kier molecular flexibility index (Phi) is 5.97. The molecular weight excluding hydrogens is 424 g/mol. The second-order valence-electron chi connectivity index (χ2n) is 7.51. The number of para-hydroxylation sites is 1. The molecule has 0 bridgehead atoms. The molecule has 9 heteroatoms. The smallest absolute Gasteiger partial charge is 0.267 e. The molecule has 1 amide bonds. The van der Waals surface area contributed by atoms with E-state index in [0.717, 1.165) is 16.8 Å². The summed E-state index contributed by atoms with van der Waals surface area (Å²) in [4.78, 5) is 27.4. The van der Waals surface area contributed by atoms with Crippen LogP contribution in [0.3, 0.4) is 0 Å². The number of aromatic nitrogens is 4. The molecule has 2 heterocycles. The van der Waals surface area contributed by atoms with Gasteiger partial charge in [-0.15, -0.1) is 10.2 Å². The van der Waals surface area contributed by atoms with Gasteiger partial charge in [0.2, 0.25) is 11.7 Å². The Morgan fingerprint density at radius 2 is 1.94 bits per heavy atom. The Bertz CT molecular complexity index is 1430. The molecule has 2 aromatic heterocycles. The Hall–Kier alpha value is -3.64. The summed E-state index contributed by atoms with van der Waals surface area (Å²) in [5.74, 6) is 0.448. The van der Waals surface area contributed by atoms with Crippen LogP contribution in [0, 0.1) is 25.2 Å². The Morgan fingerprint density at radius 1 is 1.16 bits per heavy atom. The third-order valence-electron chi connectivity index (χ3n) is 5.52. The molecule has 0 saturated carbocycles. The van der Waals surface area contributed by atoms with Gasteiger partial charge in [0.15, 0.2) is 5.16 Å². The predicted octanol–water partition coefficient (Wildman–Crippen LogP) is 3.11. The van der Waals surface area contributed by atoms with E-state index < -0.39 is 0 Å². The molecule has 0 aliphatic rings. The lowest BCUT2D eigenvalue weighted by Crippen LogP contribution is -2.29. The van der Waals surface area contributed by atoms with Crippen molar-refractivity contribution in [2.24, 2.45) is 0 Å². The minimum absolute atomic E-state index is 0.103. The van der Waals surface area contributed by atoms with Crippen molar-refractivity contribution in [2.45, 2.75) is 25.4 Å². The van der Waals surface area contributed by atoms with Crippen molar-refractivity contribution < 1.29 is 4.79 Å². The molecule has 0 aliphatic heterocycles. The molecule has 8 nitrogen and oxygen atoms in total. The fourth-order valence-electron chi connectivity index (χ4n) is 3.55. The van der Waals surface area contributed by atoms with E-state index in [1.165, 1.54) is 16.7 Å². The number of thioether (sulfide) groups is 1. The molecule has 162 valence electrons. The van der Waals surface area contributed by atoms with E-state index in [1.54, 1.807) is 17.7 Å². The highest BCUT2D eigenvalue weighted by Gasteiger charge is 2.20. The van der Waals surface area contributed by atoms with Crippen molar-refractivity contribution in [1.82, 2.24) is 24.1 Å². The van der Waals surface area contributed by atoms with Gasteiger partial charge in [-0.05, 0) is 43.2 Å². The number of carbonyl (C=O) groups excluding carboxylic acids is 1. The Balaban J connectivity index is 1.85. The number of fused-ring (bicyclic) bond motifs is 3. The minimum atomic E-state index is -0.168. The molecular formula is C23H22N6O2S. The van der Waals surface area contributed by atoms with E-state index in [2.05, 4.69) is 10.2 Å². The number of carbonyl (C=O) groups is 1. The van der Waals surface area contributed by atoms with Gasteiger partial charge in [-0.1, -0.05) is 36.0 Å². The SMILES string of the molecule is Cc1cccc(-n2c(=O)c3ccccc3n3c(SCC(=O)N(C)CCC#N)nnc23)c1C. The third-order valence-corrected chi connectivity index (χ3v) is 6.43. The van der Waals surface area contributed by atoms with Gasteiger partial charge >= 0.3 is 0 Å². The van der Waals surface area contributed by atoms with Gasteiger partial charge in [-0.3, -0.25) is 14.0 Å². The maximum atomic E-state index is 13.5. The van der Waals surface area contributed by atoms with Crippen molar-refractivity contribution in [2.75, 3.05) is 19.3 Å². The maximum absolute atomic E-state index is 13.5. The molecule has 2 aromatic carbocycles. The summed E-state index contributed by atoms with van der Waals surface area (Å²) in [7, 11) is 1.68. The van der Waals surface area contributed by atoms with E-state index in [4.69, 9.17) is 5.26 Å². The molecule has 0 saturated heterocycles. The Labute approximate surface area is 189 Å². The quantitative estimate of drug-likeness (QED) is 0.422. The molecule has 0 atom stereocenters. The number of nitriles is 1. The highest BCUT2D eigenvalue weighted by Crippen LogP contribution is 2.25. The third kappa shape index (κ3) is 3.74. The summed E-state index contributed by atoms with van der Waals surface area (Å²) in [6.45, 7) is 4.36. The first-order chi connectivity index (χ1) is 15.4. The van der Waals surface area contributed by atoms with Crippen LogP contribution in [0.25, 0.3) is 22.4 Å². The summed E-state index contributed by atoms with van der Waals surface area (Å²) in [6.07, 6.45) is 0.285. The van der Waals surface area contributed by atoms with Gasteiger partial charge < -0.3 is 4.90 Å². The summed E-state index contributed by atoms with van der Waals surface area (Å²) < 4.78 is 3.41. The molecule has 0 unspecified atom stereocenters. The number of aryl methyl sites for hydroxylation is 1. The first-order valence-corrected chi connectivity index (χ1v) is 11.1. The summed E-state index contributed by atoms with van der Waals surface area (Å²) in [5.41, 5.74) is 3.33. The fraction of sp³-hybridized carbons (Fsp3) is 0.261. The van der Waals surface area contributed by atoms with Crippen LogP contribution in [-0.4, -0.2) is 49.3 Å². The first kappa shape index (κ1) is 21.6. The second-order valence-corrected chi connectivity index (χ2v) is 8.45.